The van der Waals surface area contributed by atoms with Crippen LogP contribution in [0.15, 0.2) is 72.8 Å². The zero-order valence-corrected chi connectivity index (χ0v) is 14.7. The molecule has 2 heteroatoms. The molecule has 0 atom stereocenters. The quantitative estimate of drug-likeness (QED) is 0.498. The molecule has 124 valence electrons. The van der Waals surface area contributed by atoms with E-state index in [0.29, 0.717) is 0 Å². The number of aromatic nitrogens is 2. The summed E-state index contributed by atoms with van der Waals surface area (Å²) in [6.07, 6.45) is 0.854. The van der Waals surface area contributed by atoms with Crippen LogP contribution in [0, 0.1) is 13.8 Å². The highest BCUT2D eigenvalue weighted by Crippen LogP contribution is 2.21. The Bertz CT molecular complexity index is 1010. The van der Waals surface area contributed by atoms with E-state index in [1.54, 1.807) is 0 Å². The molecule has 0 fully saturated rings. The van der Waals surface area contributed by atoms with Gasteiger partial charge >= 0.3 is 0 Å². The minimum absolute atomic E-state index is 0.849. The van der Waals surface area contributed by atoms with Gasteiger partial charge in [0.15, 0.2) is 0 Å². The highest BCUT2D eigenvalue weighted by molar-refractivity contribution is 5.76. The number of benzene rings is 3. The van der Waals surface area contributed by atoms with Gasteiger partial charge < -0.3 is 4.57 Å². The number of hydrogen-bond donors (Lipinski definition) is 0. The average molecular weight is 326 g/mol. The van der Waals surface area contributed by atoms with Crippen molar-refractivity contribution in [3.63, 3.8) is 0 Å². The number of nitrogens with zero attached hydrogens (tertiary/aromatic N) is 2. The number of imidazole rings is 1. The summed E-state index contributed by atoms with van der Waals surface area (Å²) in [5, 5.41) is 0. The minimum atomic E-state index is 0.849. The number of hydrogen-bond acceptors (Lipinski definition) is 1. The molecule has 0 radical (unpaired) electrons. The second kappa shape index (κ2) is 6.56. The van der Waals surface area contributed by atoms with Crippen molar-refractivity contribution in [2.45, 2.75) is 26.8 Å². The predicted molar refractivity (Wildman–Crippen MR) is 104 cm³/mol. The third kappa shape index (κ3) is 3.20. The summed E-state index contributed by atoms with van der Waals surface area (Å²) in [6.45, 7) is 5.14. The van der Waals surface area contributed by atoms with Gasteiger partial charge in [0.2, 0.25) is 0 Å². The first-order valence-corrected chi connectivity index (χ1v) is 8.75. The third-order valence-corrected chi connectivity index (χ3v) is 4.80. The molecule has 0 aliphatic rings. The van der Waals surface area contributed by atoms with E-state index in [9.17, 15) is 0 Å². The van der Waals surface area contributed by atoms with E-state index in [4.69, 9.17) is 4.98 Å². The lowest BCUT2D eigenvalue weighted by molar-refractivity contribution is 0.761. The van der Waals surface area contributed by atoms with E-state index in [1.165, 1.54) is 27.8 Å². The largest absolute Gasteiger partial charge is 0.323 e. The lowest BCUT2D eigenvalue weighted by atomic mass is 10.1. The monoisotopic (exact) mass is 326 g/mol. The first kappa shape index (κ1) is 15.6. The highest BCUT2D eigenvalue weighted by Gasteiger charge is 2.12. The van der Waals surface area contributed by atoms with Crippen LogP contribution in [-0.2, 0) is 13.0 Å². The fourth-order valence-corrected chi connectivity index (χ4v) is 3.29. The molecular formula is C23H22N2. The Balaban J connectivity index is 1.78. The summed E-state index contributed by atoms with van der Waals surface area (Å²) in [6, 6.07) is 25.8. The molecule has 0 spiro atoms. The Morgan fingerprint density at radius 2 is 1.52 bits per heavy atom. The molecule has 2 nitrogen and oxygen atoms in total. The molecule has 0 aliphatic carbocycles. The van der Waals surface area contributed by atoms with Crippen LogP contribution in [0.1, 0.15) is 28.1 Å². The first-order valence-electron chi connectivity index (χ1n) is 8.75. The Kier molecular flexibility index (Phi) is 4.10. The summed E-state index contributed by atoms with van der Waals surface area (Å²) in [5.74, 6) is 1.12. The van der Waals surface area contributed by atoms with Gasteiger partial charge in [-0.05, 0) is 42.7 Å². The minimum Gasteiger partial charge on any atom is -0.323 e. The van der Waals surface area contributed by atoms with Gasteiger partial charge in [-0.2, -0.15) is 0 Å². The molecule has 4 aromatic rings. The second-order valence-electron chi connectivity index (χ2n) is 6.69. The van der Waals surface area contributed by atoms with Gasteiger partial charge in [0.1, 0.15) is 5.82 Å². The Morgan fingerprint density at radius 1 is 0.800 bits per heavy atom. The van der Waals surface area contributed by atoms with Crippen LogP contribution in [0.4, 0.5) is 0 Å². The molecular weight excluding hydrogens is 304 g/mol. The molecule has 0 bridgehead atoms. The van der Waals surface area contributed by atoms with Crippen molar-refractivity contribution in [1.82, 2.24) is 9.55 Å². The number of rotatable bonds is 4. The first-order chi connectivity index (χ1) is 12.2. The second-order valence-corrected chi connectivity index (χ2v) is 6.69. The van der Waals surface area contributed by atoms with E-state index in [0.717, 1.165) is 24.3 Å². The molecule has 0 amide bonds. The maximum atomic E-state index is 4.93. The molecule has 0 N–H and O–H groups in total. The molecule has 1 heterocycles. The van der Waals surface area contributed by atoms with Crippen LogP contribution in [0.25, 0.3) is 11.0 Å². The van der Waals surface area contributed by atoms with Crippen molar-refractivity contribution in [1.29, 1.82) is 0 Å². The number of para-hydroxylation sites is 2. The number of aryl methyl sites for hydroxylation is 2. The predicted octanol–water partition coefficient (Wildman–Crippen LogP) is 5.29. The van der Waals surface area contributed by atoms with Crippen LogP contribution in [0.3, 0.4) is 0 Å². The topological polar surface area (TPSA) is 17.8 Å². The zero-order valence-electron chi connectivity index (χ0n) is 14.7. The summed E-state index contributed by atoms with van der Waals surface area (Å²) < 4.78 is 2.35. The molecule has 25 heavy (non-hydrogen) atoms. The van der Waals surface area contributed by atoms with Crippen LogP contribution in [0.5, 0.6) is 0 Å². The van der Waals surface area contributed by atoms with Gasteiger partial charge in [-0.3, -0.25) is 0 Å². The Labute approximate surface area is 148 Å². The van der Waals surface area contributed by atoms with Crippen molar-refractivity contribution in [3.8, 4) is 0 Å². The van der Waals surface area contributed by atoms with Crippen LogP contribution >= 0.6 is 0 Å². The summed E-state index contributed by atoms with van der Waals surface area (Å²) in [7, 11) is 0. The fourth-order valence-electron chi connectivity index (χ4n) is 3.29. The zero-order chi connectivity index (χ0) is 17.2. The maximum absolute atomic E-state index is 4.93. The lowest BCUT2D eigenvalue weighted by Crippen LogP contribution is -2.06. The van der Waals surface area contributed by atoms with E-state index in [2.05, 4.69) is 91.2 Å². The fraction of sp³-hybridized carbons (Fsp3) is 0.174. The summed E-state index contributed by atoms with van der Waals surface area (Å²) in [5.41, 5.74) is 7.52. The smallest absolute Gasteiger partial charge is 0.114 e. The van der Waals surface area contributed by atoms with Crippen LogP contribution < -0.4 is 0 Å². The van der Waals surface area contributed by atoms with Crippen LogP contribution in [0.2, 0.25) is 0 Å². The van der Waals surface area contributed by atoms with Gasteiger partial charge in [-0.25, -0.2) is 4.98 Å². The third-order valence-electron chi connectivity index (χ3n) is 4.80. The molecule has 3 aromatic carbocycles. The van der Waals surface area contributed by atoms with Crippen molar-refractivity contribution in [3.05, 3.63) is 101 Å². The molecule has 0 saturated carbocycles. The van der Waals surface area contributed by atoms with Gasteiger partial charge in [0.25, 0.3) is 0 Å². The van der Waals surface area contributed by atoms with Gasteiger partial charge in [-0.1, -0.05) is 66.2 Å². The SMILES string of the molecule is Cc1ccc(Cn2c(Cc3ccccc3C)nc3ccccc32)cc1. The summed E-state index contributed by atoms with van der Waals surface area (Å²) in [4.78, 5) is 4.93. The molecule has 1 aromatic heterocycles. The van der Waals surface area contributed by atoms with Crippen molar-refractivity contribution in [2.24, 2.45) is 0 Å². The lowest BCUT2D eigenvalue weighted by Gasteiger charge is -2.11. The Hall–Kier alpha value is -2.87. The maximum Gasteiger partial charge on any atom is 0.114 e. The van der Waals surface area contributed by atoms with E-state index in [1.807, 2.05) is 0 Å². The van der Waals surface area contributed by atoms with Crippen molar-refractivity contribution < 1.29 is 0 Å². The van der Waals surface area contributed by atoms with Gasteiger partial charge in [0.05, 0.1) is 11.0 Å². The average Bonchev–Trinajstić information content (AvgIpc) is 2.96. The molecule has 0 saturated heterocycles. The summed E-state index contributed by atoms with van der Waals surface area (Å²) >= 11 is 0. The van der Waals surface area contributed by atoms with E-state index in [-0.39, 0.29) is 0 Å². The Morgan fingerprint density at radius 3 is 2.32 bits per heavy atom. The normalized spacial score (nSPS) is 11.1. The van der Waals surface area contributed by atoms with Crippen molar-refractivity contribution >= 4 is 11.0 Å². The van der Waals surface area contributed by atoms with Gasteiger partial charge in [0, 0.05) is 13.0 Å². The molecule has 4 rings (SSSR count). The molecule has 0 aliphatic heterocycles. The highest BCUT2D eigenvalue weighted by atomic mass is 15.1. The molecule has 0 unspecified atom stereocenters. The van der Waals surface area contributed by atoms with Crippen molar-refractivity contribution in [2.75, 3.05) is 0 Å². The van der Waals surface area contributed by atoms with E-state index < -0.39 is 0 Å². The van der Waals surface area contributed by atoms with Gasteiger partial charge in [-0.15, -0.1) is 0 Å². The van der Waals surface area contributed by atoms with E-state index >= 15 is 0 Å². The number of fused-ring (bicyclic) bond motifs is 1. The van der Waals surface area contributed by atoms with Crippen LogP contribution in [-0.4, -0.2) is 9.55 Å². The standard InChI is InChI=1S/C23H22N2/c1-17-11-13-19(14-12-17)16-25-22-10-6-5-9-21(22)24-23(25)15-20-8-4-3-7-18(20)2/h3-14H,15-16H2,1-2H3.